The van der Waals surface area contributed by atoms with Crippen LogP contribution in [-0.2, 0) is 0 Å². The Labute approximate surface area is 103 Å². The Hall–Kier alpha value is -0.260. The zero-order chi connectivity index (χ0) is 12.1. The van der Waals surface area contributed by atoms with Crippen LogP contribution in [0.1, 0.15) is 66.7 Å². The lowest BCUT2D eigenvalue weighted by Gasteiger charge is -2.28. The van der Waals surface area contributed by atoms with E-state index in [0.717, 1.165) is 23.7 Å². The van der Waals surface area contributed by atoms with Crippen LogP contribution in [0.25, 0.3) is 0 Å². The van der Waals surface area contributed by atoms with Crippen LogP contribution in [0.5, 0.6) is 0 Å². The second kappa shape index (κ2) is 6.47. The minimum absolute atomic E-state index is 0.831. The van der Waals surface area contributed by atoms with Crippen molar-refractivity contribution in [3.05, 3.63) is 11.6 Å². The van der Waals surface area contributed by atoms with Gasteiger partial charge in [-0.2, -0.15) is 0 Å². The lowest BCUT2D eigenvalue weighted by Crippen LogP contribution is -2.16. The molecule has 0 nitrogen and oxygen atoms in total. The van der Waals surface area contributed by atoms with Crippen molar-refractivity contribution in [2.24, 2.45) is 23.7 Å². The number of hydrogen-bond acceptors (Lipinski definition) is 0. The molecule has 4 atom stereocenters. The molecule has 0 heterocycles. The fourth-order valence-corrected chi connectivity index (χ4v) is 2.55. The Morgan fingerprint density at radius 2 is 1.56 bits per heavy atom. The first-order valence-corrected chi connectivity index (χ1v) is 7.25. The van der Waals surface area contributed by atoms with Gasteiger partial charge in [0.2, 0.25) is 0 Å². The van der Waals surface area contributed by atoms with Crippen molar-refractivity contribution in [2.75, 3.05) is 0 Å². The van der Waals surface area contributed by atoms with Crippen molar-refractivity contribution in [1.82, 2.24) is 0 Å². The van der Waals surface area contributed by atoms with Gasteiger partial charge in [-0.1, -0.05) is 59.1 Å². The molecule has 0 aliphatic heterocycles. The van der Waals surface area contributed by atoms with Gasteiger partial charge in [0.15, 0.2) is 0 Å². The summed E-state index contributed by atoms with van der Waals surface area (Å²) in [6, 6.07) is 0. The first-order valence-electron chi connectivity index (χ1n) is 7.25. The normalized spacial score (nSPS) is 22.9. The smallest absolute Gasteiger partial charge is 0.0206 e. The van der Waals surface area contributed by atoms with Crippen molar-refractivity contribution in [3.63, 3.8) is 0 Å². The number of allylic oxidation sites excluding steroid dienone is 2. The van der Waals surface area contributed by atoms with Crippen LogP contribution in [-0.4, -0.2) is 0 Å². The Kier molecular flexibility index (Phi) is 5.58. The largest absolute Gasteiger partial charge is 0.0847 e. The monoisotopic (exact) mass is 222 g/mol. The molecule has 0 heteroatoms. The van der Waals surface area contributed by atoms with E-state index in [0.29, 0.717) is 0 Å². The molecular formula is C16H30. The molecule has 1 aliphatic rings. The van der Waals surface area contributed by atoms with E-state index in [2.05, 4.69) is 40.7 Å². The Morgan fingerprint density at radius 1 is 1.00 bits per heavy atom. The lowest BCUT2D eigenvalue weighted by molar-refractivity contribution is 0.298. The van der Waals surface area contributed by atoms with Crippen molar-refractivity contribution in [2.45, 2.75) is 66.7 Å². The van der Waals surface area contributed by atoms with Crippen LogP contribution >= 0.6 is 0 Å². The molecule has 0 aromatic rings. The summed E-state index contributed by atoms with van der Waals surface area (Å²) in [4.78, 5) is 0. The quantitative estimate of drug-likeness (QED) is 0.503. The highest BCUT2D eigenvalue weighted by molar-refractivity contribution is 5.15. The van der Waals surface area contributed by atoms with Gasteiger partial charge in [-0.3, -0.25) is 0 Å². The summed E-state index contributed by atoms with van der Waals surface area (Å²) in [6.07, 6.45) is 9.29. The highest BCUT2D eigenvalue weighted by Crippen LogP contribution is 2.34. The molecule has 0 amide bonds. The van der Waals surface area contributed by atoms with Crippen molar-refractivity contribution >= 4 is 0 Å². The minimum Gasteiger partial charge on any atom is -0.0847 e. The van der Waals surface area contributed by atoms with Gasteiger partial charge >= 0.3 is 0 Å². The van der Waals surface area contributed by atoms with Gasteiger partial charge < -0.3 is 0 Å². The molecular weight excluding hydrogens is 192 g/mol. The van der Waals surface area contributed by atoms with E-state index in [-0.39, 0.29) is 0 Å². The molecule has 0 saturated heterocycles. The van der Waals surface area contributed by atoms with Crippen LogP contribution in [0.4, 0.5) is 0 Å². The summed E-state index contributed by atoms with van der Waals surface area (Å²) in [5.41, 5.74) is 1.73. The first kappa shape index (κ1) is 13.8. The fourth-order valence-electron chi connectivity index (χ4n) is 2.55. The van der Waals surface area contributed by atoms with Gasteiger partial charge in [0.05, 0.1) is 0 Å². The van der Waals surface area contributed by atoms with E-state index in [1.54, 1.807) is 5.57 Å². The van der Waals surface area contributed by atoms with Gasteiger partial charge in [-0.05, 0) is 42.9 Å². The highest BCUT2D eigenvalue weighted by Gasteiger charge is 2.21. The molecule has 0 fully saturated rings. The van der Waals surface area contributed by atoms with Crippen molar-refractivity contribution in [1.29, 1.82) is 0 Å². The molecule has 0 aromatic heterocycles. The van der Waals surface area contributed by atoms with Gasteiger partial charge in [0, 0.05) is 0 Å². The maximum atomic E-state index is 2.44. The summed E-state index contributed by atoms with van der Waals surface area (Å²) in [5, 5.41) is 0. The van der Waals surface area contributed by atoms with E-state index in [4.69, 9.17) is 0 Å². The predicted octanol–water partition coefficient (Wildman–Crippen LogP) is 5.44. The summed E-state index contributed by atoms with van der Waals surface area (Å²) < 4.78 is 0. The Morgan fingerprint density at radius 3 is 2.00 bits per heavy atom. The Bertz CT molecular complexity index is 226. The average molecular weight is 222 g/mol. The highest BCUT2D eigenvalue weighted by atomic mass is 14.3. The van der Waals surface area contributed by atoms with Gasteiger partial charge in [-0.25, -0.2) is 0 Å². The third-order valence-electron chi connectivity index (χ3n) is 4.97. The molecule has 1 rings (SSSR count). The zero-order valence-electron chi connectivity index (χ0n) is 11.9. The van der Waals surface area contributed by atoms with Crippen LogP contribution in [0.2, 0.25) is 0 Å². The van der Waals surface area contributed by atoms with E-state index < -0.39 is 0 Å². The maximum Gasteiger partial charge on any atom is -0.0206 e. The molecule has 1 aliphatic carbocycles. The topological polar surface area (TPSA) is 0 Å². The van der Waals surface area contributed by atoms with Crippen LogP contribution in [0.15, 0.2) is 11.6 Å². The molecule has 0 spiro atoms. The lowest BCUT2D eigenvalue weighted by atomic mass is 9.77. The zero-order valence-corrected chi connectivity index (χ0v) is 11.9. The molecule has 0 saturated carbocycles. The van der Waals surface area contributed by atoms with Crippen LogP contribution < -0.4 is 0 Å². The predicted molar refractivity (Wildman–Crippen MR) is 73.5 cm³/mol. The standard InChI is InChI=1S/C16H30/c1-6-12(2)13(3)10-11-14(4)15(5)16-8-7-9-16/h8,12-15H,6-7,9-11H2,1-5H3. The van der Waals surface area contributed by atoms with Crippen molar-refractivity contribution in [3.8, 4) is 0 Å². The summed E-state index contributed by atoms with van der Waals surface area (Å²) >= 11 is 0. The number of rotatable bonds is 7. The van der Waals surface area contributed by atoms with E-state index in [1.165, 1.54) is 32.1 Å². The molecule has 0 aromatic carbocycles. The molecule has 16 heavy (non-hydrogen) atoms. The molecule has 0 radical (unpaired) electrons. The average Bonchev–Trinajstić information content (AvgIpc) is 2.21. The SMILES string of the molecule is CCC(C)C(C)CCC(C)C(C)C1=CCC1. The number of hydrogen-bond donors (Lipinski definition) is 0. The summed E-state index contributed by atoms with van der Waals surface area (Å²) in [5.74, 6) is 3.50. The third-order valence-corrected chi connectivity index (χ3v) is 4.97. The molecule has 0 bridgehead atoms. The van der Waals surface area contributed by atoms with Crippen LogP contribution in [0, 0.1) is 23.7 Å². The fraction of sp³-hybridized carbons (Fsp3) is 0.875. The maximum absolute atomic E-state index is 2.44. The summed E-state index contributed by atoms with van der Waals surface area (Å²) in [7, 11) is 0. The second-order valence-electron chi connectivity index (χ2n) is 6.02. The third kappa shape index (κ3) is 3.64. The molecule has 4 unspecified atom stereocenters. The van der Waals surface area contributed by atoms with Crippen molar-refractivity contribution < 1.29 is 0 Å². The van der Waals surface area contributed by atoms with Crippen LogP contribution in [0.3, 0.4) is 0 Å². The van der Waals surface area contributed by atoms with Gasteiger partial charge in [-0.15, -0.1) is 0 Å². The second-order valence-corrected chi connectivity index (χ2v) is 6.02. The van der Waals surface area contributed by atoms with E-state index in [1.807, 2.05) is 0 Å². The molecule has 0 N–H and O–H groups in total. The van der Waals surface area contributed by atoms with E-state index in [9.17, 15) is 0 Å². The first-order chi connectivity index (χ1) is 7.56. The Balaban J connectivity index is 2.26. The molecule has 94 valence electrons. The van der Waals surface area contributed by atoms with Gasteiger partial charge in [0.25, 0.3) is 0 Å². The van der Waals surface area contributed by atoms with Gasteiger partial charge in [0.1, 0.15) is 0 Å². The van der Waals surface area contributed by atoms with E-state index >= 15 is 0 Å². The minimum atomic E-state index is 0.831. The summed E-state index contributed by atoms with van der Waals surface area (Å²) in [6.45, 7) is 12.0.